The van der Waals surface area contributed by atoms with E-state index in [1.165, 1.54) is 36.1 Å². The van der Waals surface area contributed by atoms with Gasteiger partial charge in [-0.15, -0.1) is 0 Å². The van der Waals surface area contributed by atoms with Gasteiger partial charge in [-0.05, 0) is 55.7 Å². The van der Waals surface area contributed by atoms with Crippen molar-refractivity contribution in [3.63, 3.8) is 0 Å². The van der Waals surface area contributed by atoms with E-state index in [1.807, 2.05) is 0 Å². The molecule has 1 aromatic rings. The zero-order valence-corrected chi connectivity index (χ0v) is 10.9. The molecule has 1 aromatic carbocycles. The van der Waals surface area contributed by atoms with E-state index in [2.05, 4.69) is 51.2 Å². The summed E-state index contributed by atoms with van der Waals surface area (Å²) in [6.45, 7) is 9.13. The minimum atomic E-state index is 0.523. The average Bonchev–Trinajstić information content (AvgIpc) is 2.53. The Balaban J connectivity index is 2.08. The number of hydrogen-bond donors (Lipinski definition) is 1. The zero-order valence-electron chi connectivity index (χ0n) is 10.9. The van der Waals surface area contributed by atoms with Gasteiger partial charge in [0.05, 0.1) is 0 Å². The molecule has 0 spiro atoms. The molecule has 0 bridgehead atoms. The minimum Gasteiger partial charge on any atom is -0.382 e. The first-order chi connectivity index (χ1) is 7.48. The molecular weight excluding hydrogens is 194 g/mol. The predicted molar refractivity (Wildman–Crippen MR) is 71.0 cm³/mol. The summed E-state index contributed by atoms with van der Waals surface area (Å²) in [7, 11) is 0. The van der Waals surface area contributed by atoms with Gasteiger partial charge in [0.15, 0.2) is 0 Å². The molecule has 16 heavy (non-hydrogen) atoms. The van der Waals surface area contributed by atoms with E-state index in [9.17, 15) is 0 Å². The summed E-state index contributed by atoms with van der Waals surface area (Å²) < 4.78 is 0. The Morgan fingerprint density at radius 1 is 1.25 bits per heavy atom. The zero-order chi connectivity index (χ0) is 11.8. The molecule has 1 nitrogen and oxygen atoms in total. The van der Waals surface area contributed by atoms with E-state index >= 15 is 0 Å². The lowest BCUT2D eigenvalue weighted by Gasteiger charge is -2.20. The van der Waals surface area contributed by atoms with E-state index in [4.69, 9.17) is 0 Å². The van der Waals surface area contributed by atoms with Gasteiger partial charge in [-0.2, -0.15) is 0 Å². The molecule has 0 amide bonds. The Morgan fingerprint density at radius 2 is 2.00 bits per heavy atom. The molecule has 1 fully saturated rings. The van der Waals surface area contributed by atoms with Crippen molar-refractivity contribution in [1.29, 1.82) is 0 Å². The summed E-state index contributed by atoms with van der Waals surface area (Å²) in [5.41, 5.74) is 4.62. The Kier molecular flexibility index (Phi) is 2.96. The monoisotopic (exact) mass is 217 g/mol. The van der Waals surface area contributed by atoms with Gasteiger partial charge in [0, 0.05) is 11.7 Å². The van der Waals surface area contributed by atoms with Crippen LogP contribution in [0.25, 0.3) is 0 Å². The lowest BCUT2D eigenvalue weighted by molar-refractivity contribution is 0.378. The molecule has 88 valence electrons. The fourth-order valence-corrected chi connectivity index (χ4v) is 2.69. The molecule has 1 unspecified atom stereocenters. The van der Waals surface area contributed by atoms with Gasteiger partial charge in [0.25, 0.3) is 0 Å². The molecule has 1 N–H and O–H groups in total. The second-order valence-corrected chi connectivity index (χ2v) is 6.00. The molecular formula is C15H23N. The Morgan fingerprint density at radius 3 is 2.62 bits per heavy atom. The molecule has 1 atom stereocenters. The third kappa shape index (κ3) is 2.40. The van der Waals surface area contributed by atoms with Gasteiger partial charge < -0.3 is 5.32 Å². The summed E-state index contributed by atoms with van der Waals surface area (Å²) in [5, 5.41) is 3.71. The molecule has 0 aliphatic heterocycles. The third-order valence-corrected chi connectivity index (χ3v) is 3.93. The number of benzene rings is 1. The van der Waals surface area contributed by atoms with Gasteiger partial charge in [-0.1, -0.05) is 26.0 Å². The van der Waals surface area contributed by atoms with E-state index < -0.39 is 0 Å². The van der Waals surface area contributed by atoms with Crippen LogP contribution in [0.1, 0.15) is 44.2 Å². The number of nitrogens with one attached hydrogen (secondary N) is 1. The Hall–Kier alpha value is -0.980. The second kappa shape index (κ2) is 4.12. The van der Waals surface area contributed by atoms with Crippen molar-refractivity contribution in [2.24, 2.45) is 5.41 Å². The number of hydrogen-bond acceptors (Lipinski definition) is 1. The maximum atomic E-state index is 3.71. The predicted octanol–water partition coefficient (Wildman–Crippen LogP) is 4.29. The van der Waals surface area contributed by atoms with Crippen LogP contribution in [-0.4, -0.2) is 6.04 Å². The smallest absolute Gasteiger partial charge is 0.0374 e. The summed E-state index contributed by atoms with van der Waals surface area (Å²) >= 11 is 0. The minimum absolute atomic E-state index is 0.523. The van der Waals surface area contributed by atoms with Gasteiger partial charge in [-0.25, -0.2) is 0 Å². The molecule has 2 rings (SSSR count). The van der Waals surface area contributed by atoms with Crippen molar-refractivity contribution >= 4 is 5.69 Å². The normalized spacial score (nSPS) is 23.4. The molecule has 0 radical (unpaired) electrons. The molecule has 0 heterocycles. The molecule has 1 aliphatic carbocycles. The lowest BCUT2D eigenvalue weighted by atomic mass is 9.92. The van der Waals surface area contributed by atoms with Gasteiger partial charge in [0.2, 0.25) is 0 Å². The number of rotatable bonds is 2. The van der Waals surface area contributed by atoms with Crippen molar-refractivity contribution in [3.05, 3.63) is 29.3 Å². The summed E-state index contributed by atoms with van der Waals surface area (Å²) in [5.74, 6) is 0. The van der Waals surface area contributed by atoms with Gasteiger partial charge in [-0.3, -0.25) is 0 Å². The van der Waals surface area contributed by atoms with Crippen molar-refractivity contribution in [1.82, 2.24) is 0 Å². The van der Waals surface area contributed by atoms with Crippen molar-refractivity contribution in [3.8, 4) is 0 Å². The highest BCUT2D eigenvalue weighted by Crippen LogP contribution is 2.38. The Bertz CT molecular complexity index is 379. The van der Waals surface area contributed by atoms with Crippen LogP contribution in [0, 0.1) is 19.3 Å². The number of anilines is 1. The first kappa shape index (κ1) is 11.5. The maximum Gasteiger partial charge on any atom is 0.0374 e. The van der Waals surface area contributed by atoms with Crippen LogP contribution in [0.15, 0.2) is 18.2 Å². The topological polar surface area (TPSA) is 12.0 Å². The van der Waals surface area contributed by atoms with Gasteiger partial charge >= 0.3 is 0 Å². The van der Waals surface area contributed by atoms with E-state index in [0.29, 0.717) is 11.5 Å². The maximum absolute atomic E-state index is 3.71. The molecule has 0 aromatic heterocycles. The highest BCUT2D eigenvalue weighted by Gasteiger charge is 2.30. The van der Waals surface area contributed by atoms with E-state index in [0.717, 1.165) is 0 Å². The Labute approximate surface area is 99.3 Å². The van der Waals surface area contributed by atoms with Gasteiger partial charge in [0.1, 0.15) is 0 Å². The fourth-order valence-electron chi connectivity index (χ4n) is 2.69. The van der Waals surface area contributed by atoms with Crippen LogP contribution in [0.5, 0.6) is 0 Å². The highest BCUT2D eigenvalue weighted by molar-refractivity contribution is 5.54. The third-order valence-electron chi connectivity index (χ3n) is 3.93. The fraction of sp³-hybridized carbons (Fsp3) is 0.600. The number of aryl methyl sites for hydroxylation is 1. The molecule has 1 heteroatoms. The summed E-state index contributed by atoms with van der Waals surface area (Å²) in [6.07, 6.45) is 3.94. The molecule has 1 aliphatic rings. The SMILES string of the molecule is Cc1cccc(NC2CCC(C)(C)C2)c1C. The highest BCUT2D eigenvalue weighted by atomic mass is 14.9. The van der Waals surface area contributed by atoms with Crippen molar-refractivity contribution < 1.29 is 0 Å². The largest absolute Gasteiger partial charge is 0.382 e. The van der Waals surface area contributed by atoms with E-state index in [1.54, 1.807) is 0 Å². The van der Waals surface area contributed by atoms with E-state index in [-0.39, 0.29) is 0 Å². The van der Waals surface area contributed by atoms with Crippen LogP contribution >= 0.6 is 0 Å². The van der Waals surface area contributed by atoms with Crippen molar-refractivity contribution in [2.75, 3.05) is 5.32 Å². The average molecular weight is 217 g/mol. The quantitative estimate of drug-likeness (QED) is 0.779. The summed E-state index contributed by atoms with van der Waals surface area (Å²) in [4.78, 5) is 0. The molecule has 0 saturated heterocycles. The second-order valence-electron chi connectivity index (χ2n) is 6.00. The van der Waals surface area contributed by atoms with Crippen LogP contribution in [0.2, 0.25) is 0 Å². The van der Waals surface area contributed by atoms with Crippen LogP contribution in [0.3, 0.4) is 0 Å². The van der Waals surface area contributed by atoms with Crippen LogP contribution < -0.4 is 5.32 Å². The first-order valence-electron chi connectivity index (χ1n) is 6.31. The lowest BCUT2D eigenvalue weighted by Crippen LogP contribution is -2.18. The summed E-state index contributed by atoms with van der Waals surface area (Å²) in [6, 6.07) is 7.19. The van der Waals surface area contributed by atoms with Crippen molar-refractivity contribution in [2.45, 2.75) is 53.0 Å². The van der Waals surface area contributed by atoms with Crippen LogP contribution in [0.4, 0.5) is 5.69 Å². The first-order valence-corrected chi connectivity index (χ1v) is 6.31. The molecule has 1 saturated carbocycles. The van der Waals surface area contributed by atoms with Crippen LogP contribution in [-0.2, 0) is 0 Å². The standard InChI is InChI=1S/C15H23N/c1-11-6-5-7-14(12(11)2)16-13-8-9-15(3,4)10-13/h5-7,13,16H,8-10H2,1-4H3.